The molecule has 0 heterocycles. The molecule has 1 aromatic rings. The Bertz CT molecular complexity index is 431. The van der Waals surface area contributed by atoms with E-state index in [0.717, 1.165) is 31.4 Å². The molecule has 1 saturated carbocycles. The average Bonchev–Trinajstić information content (AvgIpc) is 2.41. The Balaban J connectivity index is 2.20. The van der Waals surface area contributed by atoms with Crippen molar-refractivity contribution >= 4 is 5.91 Å². The predicted molar refractivity (Wildman–Crippen MR) is 79.2 cm³/mol. The molecular formula is C16H24N2O2. The van der Waals surface area contributed by atoms with Crippen LogP contribution in [0, 0.1) is 0 Å². The fourth-order valence-electron chi connectivity index (χ4n) is 2.38. The lowest BCUT2D eigenvalue weighted by molar-refractivity contribution is -0.130. The van der Waals surface area contributed by atoms with Crippen LogP contribution in [0.4, 0.5) is 0 Å². The normalized spacial score (nSPS) is 18.2. The van der Waals surface area contributed by atoms with E-state index in [0.29, 0.717) is 6.61 Å². The molecule has 20 heavy (non-hydrogen) atoms. The molecule has 4 heteroatoms. The first-order valence-corrected chi connectivity index (χ1v) is 7.41. The van der Waals surface area contributed by atoms with Crippen LogP contribution in [0.1, 0.15) is 38.2 Å². The number of primary amides is 1. The molecule has 0 aromatic heterocycles. The zero-order valence-corrected chi connectivity index (χ0v) is 12.1. The fraction of sp³-hybridized carbons (Fsp3) is 0.562. The summed E-state index contributed by atoms with van der Waals surface area (Å²) < 4.78 is 5.89. The second kappa shape index (κ2) is 6.86. The highest BCUT2D eigenvalue weighted by molar-refractivity contribution is 5.86. The predicted octanol–water partition coefficient (Wildman–Crippen LogP) is 1.94. The summed E-state index contributed by atoms with van der Waals surface area (Å²) in [6, 6.07) is 9.63. The maximum atomic E-state index is 12.1. The zero-order chi connectivity index (χ0) is 14.4. The van der Waals surface area contributed by atoms with Crippen LogP contribution in [0.25, 0.3) is 0 Å². The van der Waals surface area contributed by atoms with Crippen LogP contribution in [0.2, 0.25) is 0 Å². The molecule has 1 fully saturated rings. The minimum Gasteiger partial charge on any atom is -0.375 e. The Labute approximate surface area is 120 Å². The van der Waals surface area contributed by atoms with Crippen LogP contribution in [0.5, 0.6) is 0 Å². The monoisotopic (exact) mass is 276 g/mol. The maximum absolute atomic E-state index is 12.1. The summed E-state index contributed by atoms with van der Waals surface area (Å²) in [6.45, 7) is 3.10. The molecule has 1 unspecified atom stereocenters. The van der Waals surface area contributed by atoms with Gasteiger partial charge in [0.1, 0.15) is 5.54 Å². The van der Waals surface area contributed by atoms with Gasteiger partial charge >= 0.3 is 0 Å². The van der Waals surface area contributed by atoms with Gasteiger partial charge in [0.15, 0.2) is 0 Å². The van der Waals surface area contributed by atoms with Gasteiger partial charge in [0.05, 0.1) is 12.7 Å². The van der Waals surface area contributed by atoms with Crippen molar-refractivity contribution in [2.24, 2.45) is 5.73 Å². The van der Waals surface area contributed by atoms with Gasteiger partial charge in [0.2, 0.25) is 5.91 Å². The molecule has 0 radical (unpaired) electrons. The lowest BCUT2D eigenvalue weighted by atomic mass is 9.88. The Hall–Kier alpha value is -1.39. The van der Waals surface area contributed by atoms with E-state index >= 15 is 0 Å². The van der Waals surface area contributed by atoms with Crippen LogP contribution in [-0.2, 0) is 15.1 Å². The van der Waals surface area contributed by atoms with E-state index < -0.39 is 5.54 Å². The minimum absolute atomic E-state index is 0.279. The molecule has 0 aliphatic heterocycles. The highest BCUT2D eigenvalue weighted by Gasteiger charge is 2.39. The lowest BCUT2D eigenvalue weighted by Crippen LogP contribution is -2.56. The van der Waals surface area contributed by atoms with Crippen molar-refractivity contribution in [3.05, 3.63) is 35.9 Å². The van der Waals surface area contributed by atoms with Gasteiger partial charge in [-0.25, -0.2) is 0 Å². The van der Waals surface area contributed by atoms with Gasteiger partial charge in [-0.1, -0.05) is 37.3 Å². The van der Waals surface area contributed by atoms with Crippen molar-refractivity contribution in [2.75, 3.05) is 13.2 Å². The first-order chi connectivity index (χ1) is 9.69. The highest BCUT2D eigenvalue weighted by Crippen LogP contribution is 2.27. The van der Waals surface area contributed by atoms with Crippen molar-refractivity contribution in [3.63, 3.8) is 0 Å². The van der Waals surface area contributed by atoms with Gasteiger partial charge in [-0.15, -0.1) is 0 Å². The Kier molecular flexibility index (Phi) is 5.15. The second-order valence-corrected chi connectivity index (χ2v) is 5.43. The molecule has 110 valence electrons. The quantitative estimate of drug-likeness (QED) is 0.762. The summed E-state index contributed by atoms with van der Waals surface area (Å²) in [6.07, 6.45) is 4.59. The number of nitrogens with two attached hydrogens (primary N) is 1. The molecular weight excluding hydrogens is 252 g/mol. The third-order valence-electron chi connectivity index (χ3n) is 3.95. The Morgan fingerprint density at radius 1 is 1.40 bits per heavy atom. The molecule has 1 aliphatic rings. The van der Waals surface area contributed by atoms with Gasteiger partial charge in [-0.3, -0.25) is 10.1 Å². The number of carbonyl (C=O) groups is 1. The molecule has 3 N–H and O–H groups in total. The smallest absolute Gasteiger partial charge is 0.244 e. The van der Waals surface area contributed by atoms with Crippen molar-refractivity contribution < 1.29 is 9.53 Å². The molecule has 4 nitrogen and oxygen atoms in total. The third kappa shape index (κ3) is 3.19. The molecule has 1 atom stereocenters. The summed E-state index contributed by atoms with van der Waals surface area (Å²) in [5, 5.41) is 3.30. The van der Waals surface area contributed by atoms with Crippen LogP contribution in [0.15, 0.2) is 30.3 Å². The average molecular weight is 276 g/mol. The van der Waals surface area contributed by atoms with E-state index in [4.69, 9.17) is 10.5 Å². The molecule has 1 aromatic carbocycles. The SMILES string of the molecule is CCCNC(COC1CCC1)(C(N)=O)c1ccccc1. The van der Waals surface area contributed by atoms with Crippen molar-refractivity contribution in [1.82, 2.24) is 5.32 Å². The number of hydrogen-bond donors (Lipinski definition) is 2. The van der Waals surface area contributed by atoms with Crippen molar-refractivity contribution in [1.29, 1.82) is 0 Å². The van der Waals surface area contributed by atoms with Gasteiger partial charge in [0.25, 0.3) is 0 Å². The van der Waals surface area contributed by atoms with E-state index in [1.165, 1.54) is 6.42 Å². The van der Waals surface area contributed by atoms with E-state index in [1.807, 2.05) is 30.3 Å². The van der Waals surface area contributed by atoms with E-state index in [2.05, 4.69) is 12.2 Å². The van der Waals surface area contributed by atoms with Gasteiger partial charge in [-0.2, -0.15) is 0 Å². The topological polar surface area (TPSA) is 64.3 Å². The standard InChI is InChI=1S/C16H24N2O2/c1-2-11-18-16(15(17)19,12-20-14-9-6-10-14)13-7-4-3-5-8-13/h3-5,7-8,14,18H,2,6,9-12H2,1H3,(H2,17,19). The summed E-state index contributed by atoms with van der Waals surface area (Å²) in [7, 11) is 0. The van der Waals surface area contributed by atoms with Gasteiger partial charge < -0.3 is 10.5 Å². The minimum atomic E-state index is -0.924. The number of hydrogen-bond acceptors (Lipinski definition) is 3. The van der Waals surface area contributed by atoms with Gasteiger partial charge in [0, 0.05) is 0 Å². The summed E-state index contributed by atoms with van der Waals surface area (Å²) in [4.78, 5) is 12.1. The van der Waals surface area contributed by atoms with E-state index in [9.17, 15) is 4.79 Å². The largest absolute Gasteiger partial charge is 0.375 e. The van der Waals surface area contributed by atoms with Crippen molar-refractivity contribution in [3.8, 4) is 0 Å². The molecule has 0 saturated heterocycles. The highest BCUT2D eigenvalue weighted by atomic mass is 16.5. The van der Waals surface area contributed by atoms with Crippen molar-refractivity contribution in [2.45, 2.75) is 44.2 Å². The first-order valence-electron chi connectivity index (χ1n) is 7.41. The molecule has 2 rings (SSSR count). The molecule has 0 bridgehead atoms. The molecule has 0 spiro atoms. The number of nitrogens with one attached hydrogen (secondary N) is 1. The second-order valence-electron chi connectivity index (χ2n) is 5.43. The van der Waals surface area contributed by atoms with Crippen LogP contribution < -0.4 is 11.1 Å². The number of ether oxygens (including phenoxy) is 1. The Morgan fingerprint density at radius 2 is 2.10 bits per heavy atom. The lowest BCUT2D eigenvalue weighted by Gasteiger charge is -2.35. The molecule has 1 amide bonds. The van der Waals surface area contributed by atoms with Crippen LogP contribution in [0.3, 0.4) is 0 Å². The Morgan fingerprint density at radius 3 is 2.60 bits per heavy atom. The number of rotatable bonds is 8. The van der Waals surface area contributed by atoms with E-state index in [1.54, 1.807) is 0 Å². The first kappa shape index (κ1) is 15.0. The summed E-state index contributed by atoms with van der Waals surface area (Å²) in [5.74, 6) is -0.378. The zero-order valence-electron chi connectivity index (χ0n) is 12.1. The number of amides is 1. The van der Waals surface area contributed by atoms with E-state index in [-0.39, 0.29) is 12.0 Å². The van der Waals surface area contributed by atoms with Gasteiger partial charge in [-0.05, 0) is 37.8 Å². The number of carbonyl (C=O) groups excluding carboxylic acids is 1. The summed E-state index contributed by atoms with van der Waals surface area (Å²) in [5.41, 5.74) is 5.66. The maximum Gasteiger partial charge on any atom is 0.244 e. The van der Waals surface area contributed by atoms with Crippen LogP contribution >= 0.6 is 0 Å². The third-order valence-corrected chi connectivity index (χ3v) is 3.95. The fourth-order valence-corrected chi connectivity index (χ4v) is 2.38. The van der Waals surface area contributed by atoms with Crippen LogP contribution in [-0.4, -0.2) is 25.2 Å². The number of benzene rings is 1. The summed E-state index contributed by atoms with van der Waals surface area (Å²) >= 11 is 0. The molecule has 1 aliphatic carbocycles.